The zero-order valence-corrected chi connectivity index (χ0v) is 14.4. The van der Waals surface area contributed by atoms with Crippen LogP contribution in [0.25, 0.3) is 0 Å². The van der Waals surface area contributed by atoms with Gasteiger partial charge in [0.1, 0.15) is 0 Å². The van der Waals surface area contributed by atoms with E-state index in [9.17, 15) is 4.79 Å². The first-order valence-corrected chi connectivity index (χ1v) is 11.0. The number of hydrogen-bond donors (Lipinski definition) is 1. The van der Waals surface area contributed by atoms with Gasteiger partial charge in [0.15, 0.2) is 0 Å². The number of amides is 1. The zero-order chi connectivity index (χ0) is 15.7. The number of β-lactam (4-membered cyclic amide) rings is 1. The molecule has 1 heterocycles. The summed E-state index contributed by atoms with van der Waals surface area (Å²) in [6.07, 6.45) is 0. The van der Waals surface area contributed by atoms with Crippen molar-refractivity contribution < 1.29 is 4.79 Å². The van der Waals surface area contributed by atoms with Crippen molar-refractivity contribution in [1.29, 1.82) is 0 Å². The molecular formula is C19H23NOSi. The lowest BCUT2D eigenvalue weighted by molar-refractivity contribution is -0.135. The van der Waals surface area contributed by atoms with Crippen LogP contribution in [0.1, 0.15) is 18.5 Å². The molecule has 114 valence electrons. The van der Waals surface area contributed by atoms with Crippen LogP contribution in [-0.4, -0.2) is 14.0 Å². The van der Waals surface area contributed by atoms with E-state index >= 15 is 0 Å². The van der Waals surface area contributed by atoms with Gasteiger partial charge in [0.05, 0.1) is 20.0 Å². The predicted molar refractivity (Wildman–Crippen MR) is 93.8 cm³/mol. The number of rotatable bonds is 4. The summed E-state index contributed by atoms with van der Waals surface area (Å²) < 4.78 is 0. The van der Waals surface area contributed by atoms with Crippen molar-refractivity contribution in [2.24, 2.45) is 5.92 Å². The lowest BCUT2D eigenvalue weighted by atomic mass is 9.83. The Balaban J connectivity index is 1.87. The van der Waals surface area contributed by atoms with Crippen LogP contribution in [0.4, 0.5) is 0 Å². The molecule has 22 heavy (non-hydrogen) atoms. The smallest absolute Gasteiger partial charge is 0.226 e. The molecule has 3 rings (SSSR count). The third-order valence-corrected chi connectivity index (χ3v) is 9.77. The Hall–Kier alpha value is -1.87. The minimum absolute atomic E-state index is 0.0873. The predicted octanol–water partition coefficient (Wildman–Crippen LogP) is 3.48. The first-order chi connectivity index (χ1) is 10.5. The van der Waals surface area contributed by atoms with Gasteiger partial charge in [-0.1, -0.05) is 85.9 Å². The Kier molecular flexibility index (Phi) is 3.91. The van der Waals surface area contributed by atoms with Crippen molar-refractivity contribution in [1.82, 2.24) is 5.32 Å². The average Bonchev–Trinajstić information content (AvgIpc) is 2.54. The van der Waals surface area contributed by atoms with E-state index in [-0.39, 0.29) is 17.9 Å². The molecule has 1 aliphatic rings. The third-order valence-electron chi connectivity index (χ3n) is 5.31. The third kappa shape index (κ3) is 2.50. The van der Waals surface area contributed by atoms with Gasteiger partial charge >= 0.3 is 0 Å². The van der Waals surface area contributed by atoms with E-state index in [1.165, 1.54) is 10.8 Å². The first kappa shape index (κ1) is 15.0. The number of hydrogen-bond acceptors (Lipinski definition) is 1. The molecular weight excluding hydrogens is 286 g/mol. The largest absolute Gasteiger partial charge is 0.348 e. The summed E-state index contributed by atoms with van der Waals surface area (Å²) in [7, 11) is -1.69. The van der Waals surface area contributed by atoms with E-state index < -0.39 is 8.07 Å². The lowest BCUT2D eigenvalue weighted by Crippen LogP contribution is -2.59. The molecule has 1 saturated heterocycles. The summed E-state index contributed by atoms with van der Waals surface area (Å²) in [5.74, 6) is 0.294. The van der Waals surface area contributed by atoms with Gasteiger partial charge in [0.2, 0.25) is 5.91 Å². The highest BCUT2D eigenvalue weighted by molar-refractivity contribution is 6.91. The molecule has 0 spiro atoms. The summed E-state index contributed by atoms with van der Waals surface area (Å²) in [4.78, 5) is 12.2. The minimum atomic E-state index is -1.69. The molecule has 0 radical (unpaired) electrons. The molecule has 1 amide bonds. The molecule has 0 saturated carbocycles. The van der Waals surface area contributed by atoms with Gasteiger partial charge in [-0.25, -0.2) is 0 Å². The van der Waals surface area contributed by atoms with Crippen molar-refractivity contribution >= 4 is 19.2 Å². The second-order valence-electron chi connectivity index (χ2n) is 6.80. The molecule has 1 aliphatic heterocycles. The van der Waals surface area contributed by atoms with Gasteiger partial charge in [0.25, 0.3) is 0 Å². The molecule has 3 atom stereocenters. The second kappa shape index (κ2) is 5.73. The highest BCUT2D eigenvalue weighted by Crippen LogP contribution is 2.43. The Morgan fingerprint density at radius 2 is 1.50 bits per heavy atom. The summed E-state index contributed by atoms with van der Waals surface area (Å²) >= 11 is 0. The van der Waals surface area contributed by atoms with Crippen molar-refractivity contribution in [2.75, 3.05) is 0 Å². The van der Waals surface area contributed by atoms with E-state index in [1.54, 1.807) is 0 Å². The van der Waals surface area contributed by atoms with Crippen molar-refractivity contribution in [3.05, 3.63) is 66.2 Å². The number of nitrogens with one attached hydrogen (secondary N) is 1. The monoisotopic (exact) mass is 309 g/mol. The second-order valence-corrected chi connectivity index (χ2v) is 11.7. The van der Waals surface area contributed by atoms with Gasteiger partial charge in [-0.05, 0) is 11.1 Å². The molecule has 0 aliphatic carbocycles. The fraction of sp³-hybridized carbons (Fsp3) is 0.316. The standard InChI is InChI=1S/C19H23NOSi/c1-14(22(2,3)16-12-8-5-9-13-16)17-18(20-19(17)21)15-10-6-4-7-11-15/h4-14,17-18H,1-3H3,(H,20,21)/t14-,17-,18+/m1/s1. The van der Waals surface area contributed by atoms with Crippen LogP contribution in [0.3, 0.4) is 0 Å². The van der Waals surface area contributed by atoms with Crippen LogP contribution in [0, 0.1) is 5.92 Å². The van der Waals surface area contributed by atoms with Crippen LogP contribution in [-0.2, 0) is 4.79 Å². The van der Waals surface area contributed by atoms with E-state index in [2.05, 4.69) is 67.8 Å². The molecule has 1 N–H and O–H groups in total. The molecule has 0 bridgehead atoms. The summed E-state index contributed by atoms with van der Waals surface area (Å²) in [5.41, 5.74) is 1.62. The molecule has 0 unspecified atom stereocenters. The van der Waals surface area contributed by atoms with Crippen molar-refractivity contribution in [3.63, 3.8) is 0 Å². The number of benzene rings is 2. The topological polar surface area (TPSA) is 29.1 Å². The van der Waals surface area contributed by atoms with Crippen LogP contribution in [0.15, 0.2) is 60.7 Å². The molecule has 3 heteroatoms. The average molecular weight is 309 g/mol. The Bertz CT molecular complexity index is 654. The highest BCUT2D eigenvalue weighted by Gasteiger charge is 2.49. The highest BCUT2D eigenvalue weighted by atomic mass is 28.3. The van der Waals surface area contributed by atoms with Crippen LogP contribution >= 0.6 is 0 Å². The summed E-state index contributed by atoms with van der Waals surface area (Å²) in [5, 5.41) is 4.52. The van der Waals surface area contributed by atoms with Gasteiger partial charge in [0, 0.05) is 0 Å². The van der Waals surface area contributed by atoms with E-state index in [0.717, 1.165) is 0 Å². The minimum Gasteiger partial charge on any atom is -0.348 e. The SMILES string of the molecule is C[C@H]([C@H]1C(=O)N[C@H]1c1ccccc1)[Si](C)(C)c1ccccc1. The Morgan fingerprint density at radius 1 is 0.955 bits per heavy atom. The molecule has 0 aromatic heterocycles. The van der Waals surface area contributed by atoms with Crippen molar-refractivity contribution in [3.8, 4) is 0 Å². The summed E-state index contributed by atoms with van der Waals surface area (Å²) in [6.45, 7) is 7.01. The molecule has 2 aromatic rings. The van der Waals surface area contributed by atoms with Crippen molar-refractivity contribution in [2.45, 2.75) is 31.6 Å². The Labute approximate surface area is 133 Å². The number of carbonyl (C=O) groups excluding carboxylic acids is 1. The van der Waals surface area contributed by atoms with Crippen LogP contribution in [0.5, 0.6) is 0 Å². The fourth-order valence-electron chi connectivity index (χ4n) is 3.44. The molecule has 2 nitrogen and oxygen atoms in total. The maximum Gasteiger partial charge on any atom is 0.226 e. The maximum atomic E-state index is 12.2. The van der Waals surface area contributed by atoms with Gasteiger partial charge in [-0.3, -0.25) is 4.79 Å². The van der Waals surface area contributed by atoms with Gasteiger partial charge in [-0.15, -0.1) is 0 Å². The maximum absolute atomic E-state index is 12.2. The fourth-order valence-corrected chi connectivity index (χ4v) is 6.26. The quantitative estimate of drug-likeness (QED) is 0.680. The number of carbonyl (C=O) groups is 1. The van der Waals surface area contributed by atoms with Gasteiger partial charge < -0.3 is 5.32 Å². The first-order valence-electron chi connectivity index (χ1n) is 7.92. The van der Waals surface area contributed by atoms with Crippen LogP contribution in [0.2, 0.25) is 18.6 Å². The van der Waals surface area contributed by atoms with Crippen LogP contribution < -0.4 is 10.5 Å². The van der Waals surface area contributed by atoms with E-state index in [1.807, 2.05) is 18.2 Å². The normalized spacial score (nSPS) is 22.6. The van der Waals surface area contributed by atoms with E-state index in [4.69, 9.17) is 0 Å². The summed E-state index contributed by atoms with van der Waals surface area (Å²) in [6, 6.07) is 21.2. The van der Waals surface area contributed by atoms with E-state index in [0.29, 0.717) is 5.54 Å². The molecule has 1 fully saturated rings. The molecule has 2 aromatic carbocycles. The Morgan fingerprint density at radius 3 is 2.05 bits per heavy atom. The zero-order valence-electron chi connectivity index (χ0n) is 13.4. The lowest BCUT2D eigenvalue weighted by Gasteiger charge is -2.45. The van der Waals surface area contributed by atoms with Gasteiger partial charge in [-0.2, -0.15) is 0 Å².